The van der Waals surface area contributed by atoms with Crippen LogP contribution >= 0.6 is 0 Å². The summed E-state index contributed by atoms with van der Waals surface area (Å²) in [5.74, 6) is 4.62. The van der Waals surface area contributed by atoms with Gasteiger partial charge in [0.1, 0.15) is 11.5 Å². The van der Waals surface area contributed by atoms with Gasteiger partial charge in [0.2, 0.25) is 0 Å². The van der Waals surface area contributed by atoms with E-state index in [2.05, 4.69) is 161 Å². The summed E-state index contributed by atoms with van der Waals surface area (Å²) in [6.45, 7) is 9.24. The molecule has 0 spiro atoms. The van der Waals surface area contributed by atoms with Crippen molar-refractivity contribution in [2.45, 2.75) is 207 Å². The first-order valence-electron chi connectivity index (χ1n) is 30.3. The highest BCUT2D eigenvalue weighted by atomic mass is 16.5. The van der Waals surface area contributed by atoms with Gasteiger partial charge in [0.15, 0.2) is 23.0 Å². The summed E-state index contributed by atoms with van der Waals surface area (Å²) in [4.78, 5) is 0. The third-order valence-electron chi connectivity index (χ3n) is 15.9. The van der Waals surface area contributed by atoms with Gasteiger partial charge >= 0.3 is 0 Å². The highest BCUT2D eigenvalue weighted by Gasteiger charge is 2.27. The summed E-state index contributed by atoms with van der Waals surface area (Å²) in [5.41, 5.74) is 5.58. The molecule has 0 aliphatic carbocycles. The zero-order valence-corrected chi connectivity index (χ0v) is 46.7. The molecule has 396 valence electrons. The highest BCUT2D eigenvalue weighted by molar-refractivity contribution is 6.11. The fourth-order valence-corrected chi connectivity index (χ4v) is 11.9. The standard InChI is InChI=1S/C72H90O3/c1-5-9-13-17-21-31-43-61-57-45-35-37-47-59(57)63(49-33-23-19-15-11-7-3)69-65(61)51-53-67(73-55-39-27-25-28-40-55)71(69)75-72-68(74-56-41-29-26-30-42-56)54-52-66-62(44-32-22-18-14-10-6-2)58-46-36-38-48-60(58)64(70(66)72)50-34-24-20-16-12-8-4/h25-30,35-42,45-48,51-54H,5-24,31-34,43-44,49-50H2,1-4H3. The van der Waals surface area contributed by atoms with Crippen molar-refractivity contribution < 1.29 is 14.2 Å². The van der Waals surface area contributed by atoms with E-state index in [0.717, 1.165) is 85.9 Å². The van der Waals surface area contributed by atoms with Crippen LogP contribution in [-0.2, 0) is 25.7 Å². The first-order valence-corrected chi connectivity index (χ1v) is 30.3. The van der Waals surface area contributed by atoms with Gasteiger partial charge in [-0.1, -0.05) is 253 Å². The second-order valence-electron chi connectivity index (χ2n) is 21.6. The molecule has 0 saturated carbocycles. The minimum Gasteiger partial charge on any atom is -0.453 e. The van der Waals surface area contributed by atoms with Crippen molar-refractivity contribution in [1.29, 1.82) is 0 Å². The van der Waals surface area contributed by atoms with E-state index >= 15 is 0 Å². The number of para-hydroxylation sites is 2. The molecule has 0 amide bonds. The lowest BCUT2D eigenvalue weighted by atomic mass is 9.86. The van der Waals surface area contributed by atoms with E-state index in [-0.39, 0.29) is 0 Å². The Labute approximate surface area is 452 Å². The van der Waals surface area contributed by atoms with Crippen molar-refractivity contribution >= 4 is 43.1 Å². The summed E-state index contributed by atoms with van der Waals surface area (Å²) >= 11 is 0. The Kier molecular flexibility index (Phi) is 22.2. The second kappa shape index (κ2) is 30.1. The molecule has 3 heteroatoms. The zero-order chi connectivity index (χ0) is 51.9. The maximum Gasteiger partial charge on any atom is 0.178 e. The molecule has 0 unspecified atom stereocenters. The maximum absolute atomic E-state index is 8.11. The quantitative estimate of drug-likeness (QED) is 0.0297. The third-order valence-corrected chi connectivity index (χ3v) is 15.9. The summed E-state index contributed by atoms with van der Waals surface area (Å²) in [5, 5.41) is 10.4. The van der Waals surface area contributed by atoms with E-state index in [1.165, 1.54) is 194 Å². The molecule has 0 aliphatic heterocycles. The van der Waals surface area contributed by atoms with Crippen LogP contribution < -0.4 is 14.2 Å². The van der Waals surface area contributed by atoms with Crippen LogP contribution in [0, 0.1) is 0 Å². The average molecular weight is 1000 g/mol. The van der Waals surface area contributed by atoms with Crippen LogP contribution in [-0.4, -0.2) is 0 Å². The monoisotopic (exact) mass is 1000 g/mol. The Morgan fingerprint density at radius 3 is 0.853 bits per heavy atom. The molecular weight excluding hydrogens is 913 g/mol. The summed E-state index contributed by atoms with van der Waals surface area (Å²) in [6.07, 6.45) is 33.9. The molecule has 0 N–H and O–H groups in total. The van der Waals surface area contributed by atoms with Crippen LogP contribution in [0.5, 0.6) is 34.5 Å². The van der Waals surface area contributed by atoms with Gasteiger partial charge in [-0.25, -0.2) is 0 Å². The van der Waals surface area contributed by atoms with Crippen LogP contribution in [0.25, 0.3) is 43.1 Å². The Hall–Kier alpha value is -5.80. The molecule has 0 saturated heterocycles. The molecule has 0 radical (unpaired) electrons. The molecule has 0 aromatic heterocycles. The van der Waals surface area contributed by atoms with Crippen molar-refractivity contribution in [2.75, 3.05) is 0 Å². The van der Waals surface area contributed by atoms with Crippen molar-refractivity contribution in [3.05, 3.63) is 156 Å². The number of hydrogen-bond donors (Lipinski definition) is 0. The number of rotatable bonds is 34. The van der Waals surface area contributed by atoms with Gasteiger partial charge in [0, 0.05) is 10.8 Å². The number of unbranched alkanes of at least 4 members (excludes halogenated alkanes) is 20. The Bertz CT molecular complexity index is 2770. The Balaban J connectivity index is 1.40. The molecule has 8 aromatic rings. The maximum atomic E-state index is 8.11. The number of ether oxygens (including phenoxy) is 3. The molecule has 0 heterocycles. The van der Waals surface area contributed by atoms with Gasteiger partial charge in [0.25, 0.3) is 0 Å². The summed E-state index contributed by atoms with van der Waals surface area (Å²) in [7, 11) is 0. The van der Waals surface area contributed by atoms with E-state index in [4.69, 9.17) is 14.2 Å². The SMILES string of the molecule is CCCCCCCCc1c2ccccc2c(CCCCCCCC)c2c(Oc3c(Oc4ccccc4)ccc4c(CCCCCCCC)c5ccccc5c(CCCCCCCC)c34)c(Oc3ccccc3)ccc12. The van der Waals surface area contributed by atoms with Gasteiger partial charge in [-0.05, 0) is 142 Å². The Morgan fingerprint density at radius 2 is 0.520 bits per heavy atom. The minimum atomic E-state index is 0.729. The van der Waals surface area contributed by atoms with E-state index in [1.807, 2.05) is 0 Å². The van der Waals surface area contributed by atoms with E-state index in [9.17, 15) is 0 Å². The number of benzene rings is 8. The lowest BCUT2D eigenvalue weighted by Crippen LogP contribution is -2.03. The van der Waals surface area contributed by atoms with Crippen LogP contribution in [0.2, 0.25) is 0 Å². The fourth-order valence-electron chi connectivity index (χ4n) is 11.9. The smallest absolute Gasteiger partial charge is 0.178 e. The van der Waals surface area contributed by atoms with Gasteiger partial charge in [-0.3, -0.25) is 0 Å². The number of aryl methyl sites for hydroxylation is 4. The van der Waals surface area contributed by atoms with Crippen molar-refractivity contribution in [3.63, 3.8) is 0 Å². The first kappa shape index (κ1) is 55.4. The fraction of sp³-hybridized carbons (Fsp3) is 0.444. The van der Waals surface area contributed by atoms with E-state index in [1.54, 1.807) is 0 Å². The van der Waals surface area contributed by atoms with Crippen molar-refractivity contribution in [2.24, 2.45) is 0 Å². The molecule has 8 rings (SSSR count). The molecule has 0 atom stereocenters. The topological polar surface area (TPSA) is 27.7 Å². The van der Waals surface area contributed by atoms with E-state index in [0.29, 0.717) is 0 Å². The first-order chi connectivity index (χ1) is 37.1. The van der Waals surface area contributed by atoms with Crippen LogP contribution in [0.15, 0.2) is 133 Å². The van der Waals surface area contributed by atoms with Crippen LogP contribution in [0.1, 0.15) is 204 Å². The van der Waals surface area contributed by atoms with Crippen LogP contribution in [0.4, 0.5) is 0 Å². The predicted molar refractivity (Wildman–Crippen MR) is 324 cm³/mol. The van der Waals surface area contributed by atoms with Gasteiger partial charge in [-0.2, -0.15) is 0 Å². The Morgan fingerprint density at radius 1 is 0.240 bits per heavy atom. The summed E-state index contributed by atoms with van der Waals surface area (Å²) in [6, 6.07) is 48.3. The molecule has 0 fully saturated rings. The van der Waals surface area contributed by atoms with Crippen LogP contribution in [0.3, 0.4) is 0 Å². The second-order valence-corrected chi connectivity index (χ2v) is 21.6. The largest absolute Gasteiger partial charge is 0.453 e. The van der Waals surface area contributed by atoms with Gasteiger partial charge in [0.05, 0.1) is 0 Å². The molecule has 0 aliphatic rings. The number of hydrogen-bond acceptors (Lipinski definition) is 3. The van der Waals surface area contributed by atoms with Crippen molar-refractivity contribution in [3.8, 4) is 34.5 Å². The number of fused-ring (bicyclic) bond motifs is 4. The van der Waals surface area contributed by atoms with E-state index < -0.39 is 0 Å². The molecular formula is C72H90O3. The molecule has 0 bridgehead atoms. The van der Waals surface area contributed by atoms with Gasteiger partial charge in [-0.15, -0.1) is 0 Å². The molecule has 8 aromatic carbocycles. The lowest BCUT2D eigenvalue weighted by molar-refractivity contribution is 0.400. The summed E-state index contributed by atoms with van der Waals surface area (Å²) < 4.78 is 22.4. The van der Waals surface area contributed by atoms with Gasteiger partial charge < -0.3 is 14.2 Å². The lowest BCUT2D eigenvalue weighted by Gasteiger charge is -2.25. The predicted octanol–water partition coefficient (Wildman–Crippen LogP) is 23.3. The zero-order valence-electron chi connectivity index (χ0n) is 46.7. The van der Waals surface area contributed by atoms with Crippen molar-refractivity contribution in [1.82, 2.24) is 0 Å². The highest BCUT2D eigenvalue weighted by Crippen LogP contribution is 2.52. The average Bonchev–Trinajstić information content (AvgIpc) is 3.45. The molecule has 75 heavy (non-hydrogen) atoms. The third kappa shape index (κ3) is 14.8. The molecule has 3 nitrogen and oxygen atoms in total. The normalized spacial score (nSPS) is 11.6. The minimum absolute atomic E-state index is 0.729.